The standard InChI is InChI=1S/C15H21N3O/c1-15(2,3)8-9-16-12-4-6-13(7-5-12)18-11-10-17-14(18)19/h4-7,10-11,16H,8-9H2,1-3H3,(H,17,19). The van der Waals surface area contributed by atoms with Gasteiger partial charge < -0.3 is 10.3 Å². The van der Waals surface area contributed by atoms with Crippen molar-refractivity contribution in [2.24, 2.45) is 5.41 Å². The number of aromatic amines is 1. The van der Waals surface area contributed by atoms with Gasteiger partial charge in [0.15, 0.2) is 0 Å². The minimum Gasteiger partial charge on any atom is -0.385 e. The van der Waals surface area contributed by atoms with Gasteiger partial charge in [0.05, 0.1) is 5.69 Å². The van der Waals surface area contributed by atoms with Crippen molar-refractivity contribution >= 4 is 5.69 Å². The first kappa shape index (κ1) is 13.5. The molecule has 0 amide bonds. The molecule has 2 N–H and O–H groups in total. The highest BCUT2D eigenvalue weighted by Gasteiger charge is 2.08. The van der Waals surface area contributed by atoms with Crippen molar-refractivity contribution in [3.05, 3.63) is 47.1 Å². The van der Waals surface area contributed by atoms with E-state index < -0.39 is 0 Å². The Labute approximate surface area is 113 Å². The van der Waals surface area contributed by atoms with Gasteiger partial charge in [0.25, 0.3) is 0 Å². The molecule has 2 rings (SSSR count). The van der Waals surface area contributed by atoms with Crippen LogP contribution in [0.3, 0.4) is 0 Å². The molecule has 0 aliphatic carbocycles. The summed E-state index contributed by atoms with van der Waals surface area (Å²) in [5, 5.41) is 3.39. The molecule has 0 unspecified atom stereocenters. The maximum atomic E-state index is 11.5. The number of imidazole rings is 1. The van der Waals surface area contributed by atoms with E-state index in [4.69, 9.17) is 0 Å². The Kier molecular flexibility index (Phi) is 3.79. The van der Waals surface area contributed by atoms with Crippen molar-refractivity contribution in [1.82, 2.24) is 9.55 Å². The number of anilines is 1. The highest BCUT2D eigenvalue weighted by molar-refractivity contribution is 5.48. The Bertz CT molecular complexity index is 572. The van der Waals surface area contributed by atoms with Crippen LogP contribution in [-0.4, -0.2) is 16.1 Å². The molecule has 102 valence electrons. The van der Waals surface area contributed by atoms with Crippen molar-refractivity contribution < 1.29 is 0 Å². The zero-order chi connectivity index (χ0) is 13.9. The molecule has 0 aliphatic rings. The number of H-pyrrole nitrogens is 1. The van der Waals surface area contributed by atoms with Gasteiger partial charge in [0.2, 0.25) is 0 Å². The molecule has 0 aliphatic heterocycles. The first-order valence-corrected chi connectivity index (χ1v) is 6.56. The number of benzene rings is 1. The molecule has 0 bridgehead atoms. The number of nitrogens with one attached hydrogen (secondary N) is 2. The van der Waals surface area contributed by atoms with Crippen molar-refractivity contribution in [2.45, 2.75) is 27.2 Å². The van der Waals surface area contributed by atoms with E-state index in [1.54, 1.807) is 17.0 Å². The summed E-state index contributed by atoms with van der Waals surface area (Å²) in [6, 6.07) is 7.87. The SMILES string of the molecule is CC(C)(C)CCNc1ccc(-n2cc[nH]c2=O)cc1. The van der Waals surface area contributed by atoms with Gasteiger partial charge in [0, 0.05) is 24.6 Å². The number of aromatic nitrogens is 2. The normalized spacial score (nSPS) is 11.5. The lowest BCUT2D eigenvalue weighted by Crippen LogP contribution is -2.14. The molecule has 0 spiro atoms. The third-order valence-electron chi connectivity index (χ3n) is 3.00. The molecule has 0 saturated heterocycles. The van der Waals surface area contributed by atoms with Crippen molar-refractivity contribution in [1.29, 1.82) is 0 Å². The van der Waals surface area contributed by atoms with Gasteiger partial charge in [-0.2, -0.15) is 0 Å². The maximum absolute atomic E-state index is 11.5. The van der Waals surface area contributed by atoms with Crippen molar-refractivity contribution in [3.63, 3.8) is 0 Å². The molecule has 4 nitrogen and oxygen atoms in total. The molecule has 2 aromatic rings. The third kappa shape index (κ3) is 3.74. The number of hydrogen-bond donors (Lipinski definition) is 2. The Balaban J connectivity index is 1.99. The molecule has 0 saturated carbocycles. The summed E-state index contributed by atoms with van der Waals surface area (Å²) in [6.45, 7) is 7.65. The minimum absolute atomic E-state index is 0.117. The Morgan fingerprint density at radius 1 is 1.21 bits per heavy atom. The lowest BCUT2D eigenvalue weighted by molar-refractivity contribution is 0.390. The summed E-state index contributed by atoms with van der Waals surface area (Å²) in [6.07, 6.45) is 4.48. The minimum atomic E-state index is -0.117. The van der Waals surface area contributed by atoms with Crippen LogP contribution >= 0.6 is 0 Å². The summed E-state index contributed by atoms with van der Waals surface area (Å²) < 4.78 is 1.58. The fraction of sp³-hybridized carbons (Fsp3) is 0.400. The molecule has 19 heavy (non-hydrogen) atoms. The Morgan fingerprint density at radius 2 is 1.89 bits per heavy atom. The predicted octanol–water partition coefficient (Wildman–Crippen LogP) is 3.01. The highest BCUT2D eigenvalue weighted by Crippen LogP contribution is 2.19. The van der Waals surface area contributed by atoms with E-state index in [9.17, 15) is 4.79 Å². The first-order valence-electron chi connectivity index (χ1n) is 6.56. The van der Waals surface area contributed by atoms with Crippen LogP contribution in [0.2, 0.25) is 0 Å². The Morgan fingerprint density at radius 3 is 2.42 bits per heavy atom. The van der Waals surface area contributed by atoms with E-state index in [0.29, 0.717) is 5.41 Å². The smallest absolute Gasteiger partial charge is 0.330 e. The fourth-order valence-corrected chi connectivity index (χ4v) is 1.85. The van der Waals surface area contributed by atoms with Crippen LogP contribution in [0.4, 0.5) is 5.69 Å². The molecule has 1 heterocycles. The van der Waals surface area contributed by atoms with Crippen LogP contribution in [0, 0.1) is 5.41 Å². The van der Waals surface area contributed by atoms with Crippen LogP contribution < -0.4 is 11.0 Å². The van der Waals surface area contributed by atoms with Gasteiger partial charge in [-0.05, 0) is 36.1 Å². The molecule has 0 radical (unpaired) electrons. The summed E-state index contributed by atoms with van der Waals surface area (Å²) in [5.41, 5.74) is 2.17. The summed E-state index contributed by atoms with van der Waals surface area (Å²) in [5.74, 6) is 0. The zero-order valence-corrected chi connectivity index (χ0v) is 11.7. The van der Waals surface area contributed by atoms with Crippen LogP contribution in [0.15, 0.2) is 41.5 Å². The fourth-order valence-electron chi connectivity index (χ4n) is 1.85. The summed E-state index contributed by atoms with van der Waals surface area (Å²) >= 11 is 0. The first-order chi connectivity index (χ1) is 8.96. The monoisotopic (exact) mass is 259 g/mol. The Hall–Kier alpha value is -1.97. The molecule has 1 aromatic carbocycles. The molecule has 4 heteroatoms. The second kappa shape index (κ2) is 5.34. The topological polar surface area (TPSA) is 49.8 Å². The van der Waals surface area contributed by atoms with E-state index in [1.807, 2.05) is 24.3 Å². The number of nitrogens with zero attached hydrogens (tertiary/aromatic N) is 1. The average Bonchev–Trinajstić information content (AvgIpc) is 2.75. The quantitative estimate of drug-likeness (QED) is 0.886. The van der Waals surface area contributed by atoms with E-state index in [0.717, 1.165) is 24.3 Å². The van der Waals surface area contributed by atoms with Gasteiger partial charge in [0.1, 0.15) is 0 Å². The number of rotatable bonds is 4. The van der Waals surface area contributed by atoms with Gasteiger partial charge in [-0.1, -0.05) is 20.8 Å². The lowest BCUT2D eigenvalue weighted by atomic mass is 9.92. The van der Waals surface area contributed by atoms with Crippen molar-refractivity contribution in [2.75, 3.05) is 11.9 Å². The van der Waals surface area contributed by atoms with Crippen LogP contribution in [0.25, 0.3) is 5.69 Å². The maximum Gasteiger partial charge on any atom is 0.330 e. The zero-order valence-electron chi connectivity index (χ0n) is 11.7. The largest absolute Gasteiger partial charge is 0.385 e. The lowest BCUT2D eigenvalue weighted by Gasteiger charge is -2.18. The summed E-state index contributed by atoms with van der Waals surface area (Å²) in [4.78, 5) is 14.1. The van der Waals surface area contributed by atoms with E-state index in [-0.39, 0.29) is 5.69 Å². The van der Waals surface area contributed by atoms with E-state index in [1.165, 1.54) is 0 Å². The average molecular weight is 259 g/mol. The van der Waals surface area contributed by atoms with Gasteiger partial charge >= 0.3 is 5.69 Å². The van der Waals surface area contributed by atoms with E-state index >= 15 is 0 Å². The third-order valence-corrected chi connectivity index (χ3v) is 3.00. The number of hydrogen-bond acceptors (Lipinski definition) is 2. The predicted molar refractivity (Wildman–Crippen MR) is 79.0 cm³/mol. The van der Waals surface area contributed by atoms with Gasteiger partial charge in [-0.15, -0.1) is 0 Å². The highest BCUT2D eigenvalue weighted by atomic mass is 16.1. The van der Waals surface area contributed by atoms with Crippen LogP contribution in [0.1, 0.15) is 27.2 Å². The molecule has 0 atom stereocenters. The molecular formula is C15H21N3O. The second-order valence-electron chi connectivity index (χ2n) is 5.92. The van der Waals surface area contributed by atoms with Gasteiger partial charge in [-0.3, -0.25) is 4.57 Å². The van der Waals surface area contributed by atoms with Gasteiger partial charge in [-0.25, -0.2) is 4.79 Å². The second-order valence-corrected chi connectivity index (χ2v) is 5.92. The summed E-state index contributed by atoms with van der Waals surface area (Å²) in [7, 11) is 0. The van der Waals surface area contributed by atoms with Crippen LogP contribution in [0.5, 0.6) is 0 Å². The van der Waals surface area contributed by atoms with E-state index in [2.05, 4.69) is 31.1 Å². The molecule has 0 fully saturated rings. The molecule has 1 aromatic heterocycles. The molecular weight excluding hydrogens is 238 g/mol. The van der Waals surface area contributed by atoms with Crippen molar-refractivity contribution in [3.8, 4) is 5.69 Å². The van der Waals surface area contributed by atoms with Crippen LogP contribution in [-0.2, 0) is 0 Å².